The van der Waals surface area contributed by atoms with E-state index >= 15 is 0 Å². The van der Waals surface area contributed by atoms with Gasteiger partial charge in [0.15, 0.2) is 0 Å². The highest BCUT2D eigenvalue weighted by Gasteiger charge is 2.51. The number of pyridine rings is 1. The number of epoxide rings is 1. The van der Waals surface area contributed by atoms with Gasteiger partial charge in [0.1, 0.15) is 12.2 Å². The van der Waals surface area contributed by atoms with Crippen LogP contribution in [0, 0.1) is 5.92 Å². The molecular formula is C18H22N2O5. The quantitative estimate of drug-likeness (QED) is 0.564. The number of methoxy groups -OCH3 is 1. The van der Waals surface area contributed by atoms with Crippen LogP contribution in [0.3, 0.4) is 0 Å². The zero-order chi connectivity index (χ0) is 18.0. The fourth-order valence-corrected chi connectivity index (χ4v) is 3.07. The first-order valence-electron chi connectivity index (χ1n) is 8.45. The Kier molecular flexibility index (Phi) is 5.03. The lowest BCUT2D eigenvalue weighted by Gasteiger charge is -2.11. The monoisotopic (exact) mass is 346 g/mol. The van der Waals surface area contributed by atoms with Crippen LogP contribution in [0.15, 0.2) is 24.4 Å². The molecule has 1 aliphatic rings. The lowest BCUT2D eigenvalue weighted by Crippen LogP contribution is -2.26. The number of carbonyl (C=O) groups is 2. The molecule has 7 heteroatoms. The molecule has 25 heavy (non-hydrogen) atoms. The molecule has 2 aromatic rings. The van der Waals surface area contributed by atoms with Gasteiger partial charge < -0.3 is 14.2 Å². The lowest BCUT2D eigenvalue weighted by molar-refractivity contribution is -0.153. The van der Waals surface area contributed by atoms with Crippen molar-refractivity contribution in [3.63, 3.8) is 0 Å². The van der Waals surface area contributed by atoms with E-state index in [1.165, 1.54) is 7.11 Å². The van der Waals surface area contributed by atoms with Crippen molar-refractivity contribution < 1.29 is 23.8 Å². The average molecular weight is 346 g/mol. The van der Waals surface area contributed by atoms with Crippen molar-refractivity contribution in [1.82, 2.24) is 9.61 Å². The van der Waals surface area contributed by atoms with Gasteiger partial charge in [0.05, 0.1) is 37.3 Å². The minimum atomic E-state index is -0.678. The zero-order valence-electron chi connectivity index (χ0n) is 14.6. The SMILES string of the molecule is CCOC(=O)CC(C(=O)OC)C1OC1c1cccn2nc(CC)cc12. The summed E-state index contributed by atoms with van der Waals surface area (Å²) in [5.41, 5.74) is 2.89. The van der Waals surface area contributed by atoms with Gasteiger partial charge in [-0.1, -0.05) is 13.0 Å². The number of fused-ring (bicyclic) bond motifs is 1. The summed E-state index contributed by atoms with van der Waals surface area (Å²) in [6, 6.07) is 5.87. The Morgan fingerprint density at radius 3 is 2.88 bits per heavy atom. The Bertz CT molecular complexity index is 785. The topological polar surface area (TPSA) is 82.4 Å². The largest absolute Gasteiger partial charge is 0.469 e. The van der Waals surface area contributed by atoms with Gasteiger partial charge in [-0.25, -0.2) is 4.52 Å². The summed E-state index contributed by atoms with van der Waals surface area (Å²) in [6.45, 7) is 4.05. The van der Waals surface area contributed by atoms with Crippen LogP contribution in [0.25, 0.3) is 5.52 Å². The molecule has 3 unspecified atom stereocenters. The third-order valence-electron chi connectivity index (χ3n) is 4.37. The van der Waals surface area contributed by atoms with Crippen LogP contribution < -0.4 is 0 Å². The van der Waals surface area contributed by atoms with Crippen molar-refractivity contribution in [3.8, 4) is 0 Å². The predicted molar refractivity (Wildman–Crippen MR) is 88.9 cm³/mol. The average Bonchev–Trinajstić information content (AvgIpc) is 3.28. The Morgan fingerprint density at radius 1 is 1.40 bits per heavy atom. The smallest absolute Gasteiger partial charge is 0.312 e. The van der Waals surface area contributed by atoms with E-state index in [0.29, 0.717) is 0 Å². The number of aromatic nitrogens is 2. The van der Waals surface area contributed by atoms with Crippen molar-refractivity contribution in [3.05, 3.63) is 35.7 Å². The number of carbonyl (C=O) groups excluding carboxylic acids is 2. The second-order valence-electron chi connectivity index (χ2n) is 5.94. The maximum atomic E-state index is 12.1. The molecule has 3 atom stereocenters. The van der Waals surface area contributed by atoms with E-state index in [9.17, 15) is 9.59 Å². The predicted octanol–water partition coefficient (Wildman–Crippen LogP) is 2.08. The van der Waals surface area contributed by atoms with Gasteiger partial charge >= 0.3 is 11.9 Å². The summed E-state index contributed by atoms with van der Waals surface area (Å²) in [5.74, 6) is -1.57. The number of hydrogen-bond acceptors (Lipinski definition) is 6. The van der Waals surface area contributed by atoms with Gasteiger partial charge in [0.2, 0.25) is 0 Å². The third-order valence-corrected chi connectivity index (χ3v) is 4.37. The van der Waals surface area contributed by atoms with Crippen molar-refractivity contribution in [2.75, 3.05) is 13.7 Å². The van der Waals surface area contributed by atoms with Crippen LogP contribution in [0.2, 0.25) is 0 Å². The number of ether oxygens (including phenoxy) is 3. The van der Waals surface area contributed by atoms with Crippen LogP contribution in [0.5, 0.6) is 0 Å². The van der Waals surface area contributed by atoms with Crippen LogP contribution in [-0.2, 0) is 30.2 Å². The minimum absolute atomic E-state index is 0.0513. The molecule has 0 radical (unpaired) electrons. The Morgan fingerprint density at radius 2 is 2.20 bits per heavy atom. The Hall–Kier alpha value is -2.41. The van der Waals surface area contributed by atoms with Crippen LogP contribution in [0.1, 0.15) is 37.6 Å². The molecule has 0 bridgehead atoms. The summed E-state index contributed by atoms with van der Waals surface area (Å²) in [5, 5.41) is 4.49. The fourth-order valence-electron chi connectivity index (χ4n) is 3.07. The van der Waals surface area contributed by atoms with Crippen LogP contribution >= 0.6 is 0 Å². The van der Waals surface area contributed by atoms with Crippen LogP contribution in [-0.4, -0.2) is 41.4 Å². The molecule has 7 nitrogen and oxygen atoms in total. The second kappa shape index (κ2) is 7.23. The molecule has 2 aromatic heterocycles. The van der Waals surface area contributed by atoms with Gasteiger partial charge in [-0.2, -0.15) is 5.10 Å². The molecule has 0 aromatic carbocycles. The molecule has 0 saturated carbocycles. The van der Waals surface area contributed by atoms with E-state index in [1.54, 1.807) is 6.92 Å². The summed E-state index contributed by atoms with van der Waals surface area (Å²) in [7, 11) is 1.31. The standard InChI is InChI=1S/C18H22N2O5/c1-4-11-9-14-12(7-6-8-20(14)19-11)16-17(25-16)13(18(22)23-3)10-15(21)24-5-2/h6-9,13,16-17H,4-5,10H2,1-3H3. The van der Waals surface area contributed by atoms with E-state index in [2.05, 4.69) is 5.10 Å². The first-order valence-corrected chi connectivity index (χ1v) is 8.45. The molecule has 0 spiro atoms. The van der Waals surface area contributed by atoms with Gasteiger partial charge in [-0.3, -0.25) is 9.59 Å². The first-order chi connectivity index (χ1) is 12.1. The van der Waals surface area contributed by atoms with E-state index < -0.39 is 24.0 Å². The molecule has 0 N–H and O–H groups in total. The first kappa shape index (κ1) is 17.4. The van der Waals surface area contributed by atoms with Crippen molar-refractivity contribution >= 4 is 17.5 Å². The summed E-state index contributed by atoms with van der Waals surface area (Å²) >= 11 is 0. The Balaban J connectivity index is 1.82. The molecule has 1 fully saturated rings. The minimum Gasteiger partial charge on any atom is -0.469 e. The van der Waals surface area contributed by atoms with Gasteiger partial charge in [0, 0.05) is 11.8 Å². The maximum Gasteiger partial charge on any atom is 0.312 e. The van der Waals surface area contributed by atoms with Gasteiger partial charge in [-0.15, -0.1) is 0 Å². The number of hydrogen-bond donors (Lipinski definition) is 0. The lowest BCUT2D eigenvalue weighted by atomic mass is 9.96. The van der Waals surface area contributed by atoms with E-state index in [-0.39, 0.29) is 19.1 Å². The fraction of sp³-hybridized carbons (Fsp3) is 0.500. The molecule has 3 heterocycles. The van der Waals surface area contributed by atoms with Crippen molar-refractivity contribution in [1.29, 1.82) is 0 Å². The summed E-state index contributed by atoms with van der Waals surface area (Å²) in [6.07, 6.45) is 2.01. The van der Waals surface area contributed by atoms with Crippen molar-refractivity contribution in [2.45, 2.75) is 38.9 Å². The summed E-state index contributed by atoms with van der Waals surface area (Å²) < 4.78 is 17.4. The third kappa shape index (κ3) is 3.51. The number of aryl methyl sites for hydroxylation is 1. The number of esters is 2. The van der Waals surface area contributed by atoms with E-state index in [1.807, 2.05) is 35.8 Å². The zero-order valence-corrected chi connectivity index (χ0v) is 14.6. The number of nitrogens with zero attached hydrogens (tertiary/aromatic N) is 2. The molecule has 134 valence electrons. The van der Waals surface area contributed by atoms with Gasteiger partial charge in [-0.05, 0) is 25.5 Å². The molecule has 1 aliphatic heterocycles. The molecule has 3 rings (SSSR count). The maximum absolute atomic E-state index is 12.1. The van der Waals surface area contributed by atoms with Crippen LogP contribution in [0.4, 0.5) is 0 Å². The van der Waals surface area contributed by atoms with Crippen molar-refractivity contribution in [2.24, 2.45) is 5.92 Å². The second-order valence-corrected chi connectivity index (χ2v) is 5.94. The molecular weight excluding hydrogens is 324 g/mol. The van der Waals surface area contributed by atoms with E-state index in [0.717, 1.165) is 23.2 Å². The highest BCUT2D eigenvalue weighted by Crippen LogP contribution is 2.46. The molecule has 0 amide bonds. The normalized spacial score (nSPS) is 20.3. The molecule has 0 aliphatic carbocycles. The van der Waals surface area contributed by atoms with Gasteiger partial charge in [0.25, 0.3) is 0 Å². The number of rotatable bonds is 7. The van der Waals surface area contributed by atoms with E-state index in [4.69, 9.17) is 14.2 Å². The summed E-state index contributed by atoms with van der Waals surface area (Å²) in [4.78, 5) is 23.9. The Labute approximate surface area is 145 Å². The molecule has 1 saturated heterocycles. The highest BCUT2D eigenvalue weighted by molar-refractivity contribution is 5.81. The highest BCUT2D eigenvalue weighted by atomic mass is 16.6.